The second-order valence-electron chi connectivity index (χ2n) is 5.36. The number of carbonyl (C=O) groups is 1. The van der Waals surface area contributed by atoms with Crippen LogP contribution in [0.1, 0.15) is 24.2 Å². The van der Waals surface area contributed by atoms with Gasteiger partial charge in [0.2, 0.25) is 0 Å². The Balaban J connectivity index is 3.15. The van der Waals surface area contributed by atoms with Crippen molar-refractivity contribution < 1.29 is 24.0 Å². The molecule has 1 aromatic carbocycles. The van der Waals surface area contributed by atoms with Gasteiger partial charge in [-0.05, 0) is 27.9 Å². The van der Waals surface area contributed by atoms with Gasteiger partial charge in [-0.2, -0.15) is 0 Å². The molecule has 0 saturated heterocycles. The number of benzene rings is 1. The number of rotatable bonds is 6. The minimum absolute atomic E-state index is 0.0761. The van der Waals surface area contributed by atoms with E-state index in [4.69, 9.17) is 9.84 Å². The molecule has 0 amide bonds. The van der Waals surface area contributed by atoms with Crippen molar-refractivity contribution in [3.05, 3.63) is 33.6 Å². The Bertz CT molecular complexity index is 572. The van der Waals surface area contributed by atoms with Gasteiger partial charge in [0.15, 0.2) is 5.75 Å². The molecule has 1 rings (SSSR count). The first kappa shape index (κ1) is 16.8. The van der Waals surface area contributed by atoms with E-state index in [2.05, 4.69) is 0 Å². The van der Waals surface area contributed by atoms with Crippen molar-refractivity contribution >= 4 is 11.7 Å². The number of likely N-dealkylation sites (N-methyl/N-ethyl adjacent to an activating group) is 1. The standard InChI is InChI=1S/C13H17FN2O5/c1-13(2,15(3)4)7-21-11-6-9(14)8(12(17)18)5-10(11)16(19)20/h5-6H,7H2,1-4H3,(H,17,18). The van der Waals surface area contributed by atoms with Gasteiger partial charge in [-0.25, -0.2) is 9.18 Å². The van der Waals surface area contributed by atoms with Gasteiger partial charge in [-0.3, -0.25) is 10.1 Å². The zero-order valence-corrected chi connectivity index (χ0v) is 12.2. The third-order valence-corrected chi connectivity index (χ3v) is 3.27. The number of halogens is 1. The molecular weight excluding hydrogens is 283 g/mol. The fraction of sp³-hybridized carbons (Fsp3) is 0.462. The van der Waals surface area contributed by atoms with Crippen LogP contribution in [0.3, 0.4) is 0 Å². The van der Waals surface area contributed by atoms with Crippen LogP contribution in [0.5, 0.6) is 5.75 Å². The molecule has 0 bridgehead atoms. The molecule has 0 spiro atoms. The van der Waals surface area contributed by atoms with Crippen molar-refractivity contribution in [2.45, 2.75) is 19.4 Å². The van der Waals surface area contributed by atoms with Gasteiger partial charge in [0, 0.05) is 17.7 Å². The molecule has 1 N–H and O–H groups in total. The van der Waals surface area contributed by atoms with E-state index in [-0.39, 0.29) is 12.4 Å². The number of hydrogen-bond donors (Lipinski definition) is 1. The van der Waals surface area contributed by atoms with Gasteiger partial charge >= 0.3 is 11.7 Å². The number of carboxylic acid groups (broad SMARTS) is 1. The second kappa shape index (κ2) is 6.04. The molecular formula is C13H17FN2O5. The summed E-state index contributed by atoms with van der Waals surface area (Å²) in [7, 11) is 3.62. The third-order valence-electron chi connectivity index (χ3n) is 3.27. The second-order valence-corrected chi connectivity index (χ2v) is 5.36. The van der Waals surface area contributed by atoms with Gasteiger partial charge in [-0.1, -0.05) is 0 Å². The average molecular weight is 300 g/mol. The van der Waals surface area contributed by atoms with Crippen molar-refractivity contribution in [3.8, 4) is 5.75 Å². The first-order chi connectivity index (χ1) is 9.56. The van der Waals surface area contributed by atoms with Crippen LogP contribution in [0.4, 0.5) is 10.1 Å². The molecule has 0 aromatic heterocycles. The van der Waals surface area contributed by atoms with E-state index >= 15 is 0 Å². The maximum atomic E-state index is 13.6. The first-order valence-electron chi connectivity index (χ1n) is 6.07. The predicted octanol–water partition coefficient (Wildman–Crippen LogP) is 2.15. The summed E-state index contributed by atoms with van der Waals surface area (Å²) < 4.78 is 19.0. The molecule has 116 valence electrons. The highest BCUT2D eigenvalue weighted by Crippen LogP contribution is 2.31. The molecule has 0 fully saturated rings. The number of aromatic carboxylic acids is 1. The summed E-state index contributed by atoms with van der Waals surface area (Å²) in [4.78, 5) is 22.8. The number of nitro groups is 1. The van der Waals surface area contributed by atoms with Gasteiger partial charge in [0.05, 0.1) is 4.92 Å². The zero-order chi connectivity index (χ0) is 16.4. The number of nitrogens with zero attached hydrogens (tertiary/aromatic N) is 2. The topological polar surface area (TPSA) is 92.9 Å². The lowest BCUT2D eigenvalue weighted by Gasteiger charge is -2.32. The Morgan fingerprint density at radius 3 is 2.48 bits per heavy atom. The van der Waals surface area contributed by atoms with Crippen LogP contribution in [0.2, 0.25) is 0 Å². The summed E-state index contributed by atoms with van der Waals surface area (Å²) in [6, 6.07) is 1.39. The largest absolute Gasteiger partial charge is 0.485 e. The summed E-state index contributed by atoms with van der Waals surface area (Å²) in [5, 5.41) is 19.8. The lowest BCUT2D eigenvalue weighted by Crippen LogP contribution is -2.43. The summed E-state index contributed by atoms with van der Waals surface area (Å²) in [5.41, 5.74) is -1.78. The van der Waals surface area contributed by atoms with E-state index < -0.39 is 33.5 Å². The van der Waals surface area contributed by atoms with E-state index in [1.54, 1.807) is 0 Å². The maximum Gasteiger partial charge on any atom is 0.338 e. The van der Waals surface area contributed by atoms with Crippen molar-refractivity contribution in [1.29, 1.82) is 0 Å². The summed E-state index contributed by atoms with van der Waals surface area (Å²) in [6.45, 7) is 3.77. The highest BCUT2D eigenvalue weighted by molar-refractivity contribution is 5.89. The minimum Gasteiger partial charge on any atom is -0.485 e. The minimum atomic E-state index is -1.57. The third kappa shape index (κ3) is 3.88. The van der Waals surface area contributed by atoms with Gasteiger partial charge < -0.3 is 14.7 Å². The number of ether oxygens (including phenoxy) is 1. The van der Waals surface area contributed by atoms with E-state index in [9.17, 15) is 19.3 Å². The molecule has 0 aliphatic carbocycles. The maximum absolute atomic E-state index is 13.6. The Morgan fingerprint density at radius 2 is 2.05 bits per heavy atom. The Morgan fingerprint density at radius 1 is 1.48 bits per heavy atom. The number of hydrogen-bond acceptors (Lipinski definition) is 5. The SMILES string of the molecule is CN(C)C(C)(C)COc1cc(F)c(C(=O)O)cc1[N+](=O)[O-]. The van der Waals surface area contributed by atoms with Crippen molar-refractivity contribution in [2.75, 3.05) is 20.7 Å². The van der Waals surface area contributed by atoms with Crippen LogP contribution < -0.4 is 4.74 Å². The fourth-order valence-electron chi connectivity index (χ4n) is 1.35. The molecule has 0 atom stereocenters. The van der Waals surface area contributed by atoms with E-state index in [0.29, 0.717) is 6.07 Å². The molecule has 0 saturated carbocycles. The predicted molar refractivity (Wildman–Crippen MR) is 73.3 cm³/mol. The smallest absolute Gasteiger partial charge is 0.338 e. The lowest BCUT2D eigenvalue weighted by molar-refractivity contribution is -0.386. The number of carboxylic acids is 1. The van der Waals surface area contributed by atoms with Gasteiger partial charge in [0.1, 0.15) is 18.0 Å². The average Bonchev–Trinajstić information content (AvgIpc) is 2.35. The molecule has 0 aliphatic heterocycles. The Labute approximate surface area is 121 Å². The van der Waals surface area contributed by atoms with Crippen molar-refractivity contribution in [3.63, 3.8) is 0 Å². The number of nitro benzene ring substituents is 1. The fourth-order valence-corrected chi connectivity index (χ4v) is 1.35. The highest BCUT2D eigenvalue weighted by Gasteiger charge is 2.26. The van der Waals surface area contributed by atoms with Crippen LogP contribution in [-0.4, -0.2) is 47.1 Å². The van der Waals surface area contributed by atoms with Crippen LogP contribution in [0, 0.1) is 15.9 Å². The quantitative estimate of drug-likeness (QED) is 0.639. The first-order valence-corrected chi connectivity index (χ1v) is 6.07. The molecule has 0 aliphatic rings. The molecule has 0 heterocycles. The molecule has 7 nitrogen and oxygen atoms in total. The van der Waals surface area contributed by atoms with Crippen LogP contribution in [0.15, 0.2) is 12.1 Å². The molecule has 1 aromatic rings. The molecule has 0 unspecified atom stereocenters. The van der Waals surface area contributed by atoms with Gasteiger partial charge in [0.25, 0.3) is 0 Å². The highest BCUT2D eigenvalue weighted by atomic mass is 19.1. The normalized spacial score (nSPS) is 11.5. The monoisotopic (exact) mass is 300 g/mol. The lowest BCUT2D eigenvalue weighted by atomic mass is 10.1. The van der Waals surface area contributed by atoms with Crippen LogP contribution >= 0.6 is 0 Å². The van der Waals surface area contributed by atoms with Crippen molar-refractivity contribution in [1.82, 2.24) is 4.90 Å². The Kier molecular flexibility index (Phi) is 4.84. The molecule has 0 radical (unpaired) electrons. The zero-order valence-electron chi connectivity index (χ0n) is 12.2. The van der Waals surface area contributed by atoms with Crippen molar-refractivity contribution in [2.24, 2.45) is 0 Å². The van der Waals surface area contributed by atoms with E-state index in [1.165, 1.54) is 0 Å². The van der Waals surface area contributed by atoms with E-state index in [0.717, 1.165) is 6.07 Å². The summed E-state index contributed by atoms with van der Waals surface area (Å²) in [6.07, 6.45) is 0. The van der Waals surface area contributed by atoms with Crippen LogP contribution in [0.25, 0.3) is 0 Å². The molecule has 21 heavy (non-hydrogen) atoms. The van der Waals surface area contributed by atoms with Gasteiger partial charge in [-0.15, -0.1) is 0 Å². The molecule has 8 heteroatoms. The summed E-state index contributed by atoms with van der Waals surface area (Å²) >= 11 is 0. The van der Waals surface area contributed by atoms with E-state index in [1.807, 2.05) is 32.8 Å². The summed E-state index contributed by atoms with van der Waals surface area (Å²) in [5.74, 6) is -2.95. The Hall–Kier alpha value is -2.22. The van der Waals surface area contributed by atoms with Crippen LogP contribution in [-0.2, 0) is 0 Å².